The van der Waals surface area contributed by atoms with E-state index in [4.69, 9.17) is 9.57 Å². The van der Waals surface area contributed by atoms with Crippen LogP contribution in [0.2, 0.25) is 0 Å². The van der Waals surface area contributed by atoms with Crippen molar-refractivity contribution in [3.05, 3.63) is 42.0 Å². The van der Waals surface area contributed by atoms with Gasteiger partial charge in [0.25, 0.3) is 5.91 Å². The van der Waals surface area contributed by atoms with Gasteiger partial charge in [0, 0.05) is 36.0 Å². The van der Waals surface area contributed by atoms with Gasteiger partial charge in [-0.3, -0.25) is 4.79 Å². The first-order chi connectivity index (χ1) is 18.3. The first kappa shape index (κ1) is 28.3. The Morgan fingerprint density at radius 1 is 1.13 bits per heavy atom. The van der Waals surface area contributed by atoms with Gasteiger partial charge >= 0.3 is 0 Å². The lowest BCUT2D eigenvalue weighted by atomic mass is 9.85. The van der Waals surface area contributed by atoms with Crippen LogP contribution in [0, 0.1) is 5.41 Å². The number of hydroxylamine groups is 2. The van der Waals surface area contributed by atoms with Crippen LogP contribution in [0.25, 0.3) is 11.6 Å². The molecule has 1 amide bonds. The molecule has 1 aromatic heterocycles. The molecular weight excluding hydrogens is 474 g/mol. The van der Waals surface area contributed by atoms with Crippen molar-refractivity contribution in [3.63, 3.8) is 0 Å². The summed E-state index contributed by atoms with van der Waals surface area (Å²) in [5.74, 6) is 2.55. The predicted octanol–water partition coefficient (Wildman–Crippen LogP) is 7.97. The van der Waals surface area contributed by atoms with Gasteiger partial charge in [-0.15, -0.1) is 0 Å². The second-order valence-electron chi connectivity index (χ2n) is 11.8. The fraction of sp³-hybridized carbons (Fsp3) is 0.625. The number of ether oxygens (including phenoxy) is 1. The second kappa shape index (κ2) is 12.9. The van der Waals surface area contributed by atoms with Crippen LogP contribution >= 0.6 is 0 Å². The van der Waals surface area contributed by atoms with Crippen LogP contribution in [-0.2, 0) is 11.8 Å². The van der Waals surface area contributed by atoms with E-state index in [0.29, 0.717) is 5.75 Å². The van der Waals surface area contributed by atoms with Gasteiger partial charge < -0.3 is 14.1 Å². The van der Waals surface area contributed by atoms with E-state index in [1.165, 1.54) is 25.7 Å². The molecule has 1 atom stereocenters. The highest BCUT2D eigenvalue weighted by molar-refractivity contribution is 5.85. The van der Waals surface area contributed by atoms with E-state index in [2.05, 4.69) is 29.5 Å². The van der Waals surface area contributed by atoms with Gasteiger partial charge in [-0.2, -0.15) is 5.06 Å². The van der Waals surface area contributed by atoms with Crippen molar-refractivity contribution in [1.29, 1.82) is 0 Å². The third-order valence-electron chi connectivity index (χ3n) is 8.07. The maximum Gasteiger partial charge on any atom is 0.261 e. The number of hydrogen-bond acceptors (Lipinski definition) is 4. The van der Waals surface area contributed by atoms with E-state index in [-0.39, 0.29) is 18.1 Å². The number of unbranched alkanes of at least 4 members (excludes halogenated alkanes) is 3. The summed E-state index contributed by atoms with van der Waals surface area (Å²) >= 11 is 0. The number of aryl methyl sites for hydroxylation is 1. The second-order valence-corrected chi connectivity index (χ2v) is 11.8. The Morgan fingerprint density at radius 3 is 2.61 bits per heavy atom. The maximum atomic E-state index is 13.7. The highest BCUT2D eigenvalue weighted by Gasteiger charge is 2.37. The number of fused-ring (bicyclic) bond motifs is 1. The summed E-state index contributed by atoms with van der Waals surface area (Å²) in [4.78, 5) is 24.8. The van der Waals surface area contributed by atoms with Crippen LogP contribution in [-0.4, -0.2) is 32.7 Å². The van der Waals surface area contributed by atoms with E-state index in [9.17, 15) is 4.79 Å². The molecule has 6 heteroatoms. The van der Waals surface area contributed by atoms with Gasteiger partial charge in [-0.05, 0) is 56.4 Å². The van der Waals surface area contributed by atoms with E-state index >= 15 is 0 Å². The van der Waals surface area contributed by atoms with Crippen LogP contribution < -0.4 is 9.57 Å². The van der Waals surface area contributed by atoms with Crippen LogP contribution in [0.4, 0.5) is 0 Å². The number of rotatable bonds is 12. The topological polar surface area (TPSA) is 56.6 Å². The molecule has 1 aromatic carbocycles. The standard InChI is InChI=1S/C32H47N3O3/c1-6-8-9-13-16-29-27(30-33-20-21-34(30)5)23-24-22-26(17-18-28(24)37-29)38-35(25-14-11-10-12-15-25)31(36)32(3,4)19-7-2/h17-18,20-23,25,29H,6-16,19H2,1-5H3. The van der Waals surface area contributed by atoms with Crippen molar-refractivity contribution in [2.45, 2.75) is 117 Å². The van der Waals surface area contributed by atoms with Crippen LogP contribution in [0.15, 0.2) is 30.6 Å². The van der Waals surface area contributed by atoms with E-state index < -0.39 is 5.41 Å². The minimum atomic E-state index is -0.459. The van der Waals surface area contributed by atoms with Crippen LogP contribution in [0.3, 0.4) is 0 Å². The Labute approximate surface area is 229 Å². The third kappa shape index (κ3) is 6.62. The first-order valence-corrected chi connectivity index (χ1v) is 14.9. The molecule has 0 saturated heterocycles. The number of benzene rings is 1. The molecule has 1 aliphatic heterocycles. The number of imidazole rings is 1. The molecule has 208 valence electrons. The lowest BCUT2D eigenvalue weighted by Gasteiger charge is -2.38. The Hall–Kier alpha value is -2.76. The molecule has 0 bridgehead atoms. The molecule has 1 unspecified atom stereocenters. The molecule has 6 nitrogen and oxygen atoms in total. The van der Waals surface area contributed by atoms with Crippen molar-refractivity contribution in [2.75, 3.05) is 0 Å². The van der Waals surface area contributed by atoms with Crippen molar-refractivity contribution in [1.82, 2.24) is 14.6 Å². The van der Waals surface area contributed by atoms with Crippen molar-refractivity contribution < 1.29 is 14.4 Å². The first-order valence-electron chi connectivity index (χ1n) is 14.9. The smallest absolute Gasteiger partial charge is 0.261 e. The van der Waals surface area contributed by atoms with Crippen molar-refractivity contribution in [3.8, 4) is 11.5 Å². The van der Waals surface area contributed by atoms with Crippen LogP contribution in [0.1, 0.15) is 116 Å². The summed E-state index contributed by atoms with van der Waals surface area (Å²) in [5, 5.41) is 1.71. The molecule has 2 heterocycles. The Morgan fingerprint density at radius 2 is 1.92 bits per heavy atom. The summed E-state index contributed by atoms with van der Waals surface area (Å²) in [5.41, 5.74) is 1.61. The lowest BCUT2D eigenvalue weighted by molar-refractivity contribution is -0.178. The SMILES string of the molecule is CCCCCCC1Oc2ccc(ON(C(=O)C(C)(C)CCC)C3CCCCC3)cc2C=C1c1nccn1C. The lowest BCUT2D eigenvalue weighted by Crippen LogP contribution is -2.49. The molecule has 1 aliphatic carbocycles. The minimum Gasteiger partial charge on any atom is -0.485 e. The molecule has 0 radical (unpaired) electrons. The quantitative estimate of drug-likeness (QED) is 0.210. The number of hydrogen-bond donors (Lipinski definition) is 0. The fourth-order valence-corrected chi connectivity index (χ4v) is 5.85. The molecule has 1 fully saturated rings. The summed E-state index contributed by atoms with van der Waals surface area (Å²) in [7, 11) is 2.03. The van der Waals surface area contributed by atoms with Gasteiger partial charge in [-0.25, -0.2) is 4.98 Å². The summed E-state index contributed by atoms with van der Waals surface area (Å²) in [6, 6.07) is 6.07. The zero-order valence-electron chi connectivity index (χ0n) is 24.2. The van der Waals surface area contributed by atoms with Gasteiger partial charge in [0.2, 0.25) is 0 Å². The van der Waals surface area contributed by atoms with Crippen LogP contribution in [0.5, 0.6) is 11.5 Å². The number of carbonyl (C=O) groups is 1. The highest BCUT2D eigenvalue weighted by atomic mass is 16.7. The molecule has 0 N–H and O–H groups in total. The maximum absolute atomic E-state index is 13.7. The minimum absolute atomic E-state index is 0.0256. The number of aromatic nitrogens is 2. The summed E-state index contributed by atoms with van der Waals surface area (Å²) in [6.45, 7) is 8.45. The molecule has 2 aromatic rings. The average molecular weight is 522 g/mol. The number of amides is 1. The zero-order chi connectivity index (χ0) is 27.1. The van der Waals surface area contributed by atoms with Crippen molar-refractivity contribution >= 4 is 17.6 Å². The fourth-order valence-electron chi connectivity index (χ4n) is 5.85. The zero-order valence-corrected chi connectivity index (χ0v) is 24.2. The highest BCUT2D eigenvalue weighted by Crippen LogP contribution is 2.39. The number of carbonyl (C=O) groups excluding carboxylic acids is 1. The average Bonchev–Trinajstić information content (AvgIpc) is 3.34. The Balaban J connectivity index is 1.61. The molecule has 2 aliphatic rings. The summed E-state index contributed by atoms with van der Waals surface area (Å²) in [6.07, 6.45) is 19.1. The Bertz CT molecular complexity index is 1100. The normalized spacial score (nSPS) is 17.9. The number of nitrogens with zero attached hydrogens (tertiary/aromatic N) is 3. The van der Waals surface area contributed by atoms with E-state index in [0.717, 1.165) is 74.1 Å². The predicted molar refractivity (Wildman–Crippen MR) is 154 cm³/mol. The summed E-state index contributed by atoms with van der Waals surface area (Å²) < 4.78 is 8.61. The van der Waals surface area contributed by atoms with Gasteiger partial charge in [0.1, 0.15) is 17.7 Å². The van der Waals surface area contributed by atoms with E-state index in [1.54, 1.807) is 5.06 Å². The monoisotopic (exact) mass is 521 g/mol. The van der Waals surface area contributed by atoms with Crippen molar-refractivity contribution in [2.24, 2.45) is 12.5 Å². The van der Waals surface area contributed by atoms with Gasteiger partial charge in [-0.1, -0.05) is 72.6 Å². The third-order valence-corrected chi connectivity index (χ3v) is 8.07. The molecule has 38 heavy (non-hydrogen) atoms. The Kier molecular flexibility index (Phi) is 9.56. The molecular formula is C32H47N3O3. The molecule has 0 spiro atoms. The molecule has 4 rings (SSSR count). The van der Waals surface area contributed by atoms with E-state index in [1.807, 2.05) is 51.5 Å². The largest absolute Gasteiger partial charge is 0.485 e. The van der Waals surface area contributed by atoms with Gasteiger partial charge in [0.15, 0.2) is 5.75 Å². The van der Waals surface area contributed by atoms with Gasteiger partial charge in [0.05, 0.1) is 6.04 Å². The molecule has 1 saturated carbocycles.